The van der Waals surface area contributed by atoms with Crippen molar-refractivity contribution in [3.63, 3.8) is 0 Å². The van der Waals surface area contributed by atoms with Crippen molar-refractivity contribution in [1.29, 1.82) is 0 Å². The number of carbonyl (C=O) groups excluding carboxylic acids is 1. The second-order valence-corrected chi connectivity index (χ2v) is 7.48. The van der Waals surface area contributed by atoms with Crippen molar-refractivity contribution in [2.24, 2.45) is 0 Å². The summed E-state index contributed by atoms with van der Waals surface area (Å²) in [6.07, 6.45) is 1.84. The van der Waals surface area contributed by atoms with Crippen LogP contribution >= 0.6 is 0 Å². The van der Waals surface area contributed by atoms with Crippen molar-refractivity contribution in [3.8, 4) is 5.75 Å². The standard InChI is InChI=1S/C19H19N3O5S/c1-3-18-15(12-20-27-18)19(23)21-16-6-4-5-7-17(16)22-28(24,25)14-10-8-13(26-2)9-11-14/h4-12,22H,3H2,1-2H3,(H,21,23). The van der Waals surface area contributed by atoms with Gasteiger partial charge in [0.05, 0.1) is 29.6 Å². The highest BCUT2D eigenvalue weighted by Crippen LogP contribution is 2.26. The molecule has 2 aromatic carbocycles. The van der Waals surface area contributed by atoms with Crippen molar-refractivity contribution >= 4 is 27.3 Å². The molecule has 0 aliphatic rings. The Morgan fingerprint density at radius 2 is 1.79 bits per heavy atom. The molecule has 0 aliphatic heterocycles. The van der Waals surface area contributed by atoms with Crippen LogP contribution in [0.5, 0.6) is 5.75 Å². The van der Waals surface area contributed by atoms with Crippen LogP contribution < -0.4 is 14.8 Å². The van der Waals surface area contributed by atoms with Crippen molar-refractivity contribution in [2.75, 3.05) is 17.1 Å². The lowest BCUT2D eigenvalue weighted by molar-refractivity contribution is 0.102. The zero-order valence-corrected chi connectivity index (χ0v) is 16.1. The number of hydrogen-bond donors (Lipinski definition) is 2. The Balaban J connectivity index is 1.84. The molecule has 3 aromatic rings. The number of nitrogens with one attached hydrogen (secondary N) is 2. The third-order valence-corrected chi connectivity index (χ3v) is 5.38. The summed E-state index contributed by atoms with van der Waals surface area (Å²) < 4.78 is 37.9. The van der Waals surface area contributed by atoms with Crippen LogP contribution in [0.3, 0.4) is 0 Å². The number of amides is 1. The van der Waals surface area contributed by atoms with Gasteiger partial charge in [-0.1, -0.05) is 24.2 Å². The average Bonchev–Trinajstić information content (AvgIpc) is 3.18. The van der Waals surface area contributed by atoms with Crippen LogP contribution in [-0.2, 0) is 16.4 Å². The van der Waals surface area contributed by atoms with Gasteiger partial charge in [-0.05, 0) is 36.4 Å². The molecule has 0 bridgehead atoms. The molecule has 3 rings (SSSR count). The molecule has 0 atom stereocenters. The Bertz CT molecular complexity index is 1070. The number of hydrogen-bond acceptors (Lipinski definition) is 6. The molecular weight excluding hydrogens is 382 g/mol. The second-order valence-electron chi connectivity index (χ2n) is 5.80. The first kappa shape index (κ1) is 19.4. The SMILES string of the molecule is CCc1oncc1C(=O)Nc1ccccc1NS(=O)(=O)c1ccc(OC)cc1. The van der Waals surface area contributed by atoms with Crippen molar-refractivity contribution < 1.29 is 22.5 Å². The lowest BCUT2D eigenvalue weighted by Crippen LogP contribution is -2.17. The molecular formula is C19H19N3O5S. The molecule has 0 saturated heterocycles. The molecule has 1 amide bonds. The maximum Gasteiger partial charge on any atom is 0.261 e. The van der Waals surface area contributed by atoms with E-state index in [1.54, 1.807) is 36.4 Å². The molecule has 9 heteroatoms. The fraction of sp³-hybridized carbons (Fsp3) is 0.158. The van der Waals surface area contributed by atoms with Gasteiger partial charge in [-0.3, -0.25) is 9.52 Å². The normalized spacial score (nSPS) is 11.1. The first-order valence-electron chi connectivity index (χ1n) is 8.45. The Hall–Kier alpha value is -3.33. The summed E-state index contributed by atoms with van der Waals surface area (Å²) >= 11 is 0. The van der Waals surface area contributed by atoms with E-state index in [1.165, 1.54) is 25.4 Å². The smallest absolute Gasteiger partial charge is 0.261 e. The Morgan fingerprint density at radius 3 is 2.43 bits per heavy atom. The summed E-state index contributed by atoms with van der Waals surface area (Å²) in [6, 6.07) is 12.5. The van der Waals surface area contributed by atoms with E-state index in [4.69, 9.17) is 9.26 Å². The maximum absolute atomic E-state index is 12.7. The minimum atomic E-state index is -3.85. The fourth-order valence-corrected chi connectivity index (χ4v) is 3.61. The van der Waals surface area contributed by atoms with Crippen molar-refractivity contribution in [1.82, 2.24) is 5.16 Å². The van der Waals surface area contributed by atoms with Crippen LogP contribution in [0.15, 0.2) is 64.1 Å². The molecule has 0 unspecified atom stereocenters. The molecule has 0 radical (unpaired) electrons. The highest BCUT2D eigenvalue weighted by atomic mass is 32.2. The molecule has 1 heterocycles. The van der Waals surface area contributed by atoms with E-state index in [2.05, 4.69) is 15.2 Å². The summed E-state index contributed by atoms with van der Waals surface area (Å²) in [5, 5.41) is 6.33. The van der Waals surface area contributed by atoms with Gasteiger partial charge < -0.3 is 14.6 Å². The number of benzene rings is 2. The first-order valence-corrected chi connectivity index (χ1v) is 9.93. The molecule has 2 N–H and O–H groups in total. The third kappa shape index (κ3) is 4.15. The predicted molar refractivity (Wildman–Crippen MR) is 104 cm³/mol. The first-order chi connectivity index (χ1) is 13.4. The second kappa shape index (κ2) is 8.13. The number of rotatable bonds is 7. The van der Waals surface area contributed by atoms with Gasteiger partial charge in [0.25, 0.3) is 15.9 Å². The van der Waals surface area contributed by atoms with E-state index < -0.39 is 15.9 Å². The molecule has 0 fully saturated rings. The van der Waals surface area contributed by atoms with Gasteiger partial charge in [-0.15, -0.1) is 0 Å². The Kier molecular flexibility index (Phi) is 5.65. The predicted octanol–water partition coefficient (Wildman–Crippen LogP) is 3.30. The monoisotopic (exact) mass is 401 g/mol. The van der Waals surface area contributed by atoms with Gasteiger partial charge in [-0.25, -0.2) is 8.42 Å². The van der Waals surface area contributed by atoms with Crippen LogP contribution in [-0.4, -0.2) is 26.6 Å². The van der Waals surface area contributed by atoms with Crippen LogP contribution in [0.25, 0.3) is 0 Å². The minimum Gasteiger partial charge on any atom is -0.497 e. The number of carbonyl (C=O) groups is 1. The number of para-hydroxylation sites is 2. The van der Waals surface area contributed by atoms with Crippen LogP contribution in [0, 0.1) is 0 Å². The molecule has 0 spiro atoms. The number of ether oxygens (including phenoxy) is 1. The van der Waals surface area contributed by atoms with Crippen LogP contribution in [0.1, 0.15) is 23.0 Å². The highest BCUT2D eigenvalue weighted by molar-refractivity contribution is 7.92. The topological polar surface area (TPSA) is 111 Å². The van der Waals surface area contributed by atoms with Gasteiger partial charge in [0.1, 0.15) is 17.1 Å². The quantitative estimate of drug-likeness (QED) is 0.628. The number of methoxy groups -OCH3 is 1. The number of aryl methyl sites for hydroxylation is 1. The lowest BCUT2D eigenvalue weighted by atomic mass is 10.2. The van der Waals surface area contributed by atoms with E-state index >= 15 is 0 Å². The maximum atomic E-state index is 12.7. The van der Waals surface area contributed by atoms with Gasteiger partial charge in [0, 0.05) is 6.42 Å². The zero-order chi connectivity index (χ0) is 20.1. The van der Waals surface area contributed by atoms with Gasteiger partial charge in [-0.2, -0.15) is 0 Å². The largest absolute Gasteiger partial charge is 0.497 e. The molecule has 0 saturated carbocycles. The van der Waals surface area contributed by atoms with E-state index in [-0.39, 0.29) is 10.6 Å². The zero-order valence-electron chi connectivity index (χ0n) is 15.3. The lowest BCUT2D eigenvalue weighted by Gasteiger charge is -2.13. The highest BCUT2D eigenvalue weighted by Gasteiger charge is 2.19. The summed E-state index contributed by atoms with van der Waals surface area (Å²) in [5.41, 5.74) is 0.851. The van der Waals surface area contributed by atoms with Crippen molar-refractivity contribution in [2.45, 2.75) is 18.2 Å². The van der Waals surface area contributed by atoms with E-state index in [1.807, 2.05) is 6.92 Å². The number of sulfonamides is 1. The Morgan fingerprint density at radius 1 is 1.11 bits per heavy atom. The van der Waals surface area contributed by atoms with E-state index in [0.717, 1.165) is 0 Å². The van der Waals surface area contributed by atoms with E-state index in [0.29, 0.717) is 29.2 Å². The molecule has 28 heavy (non-hydrogen) atoms. The molecule has 8 nitrogen and oxygen atoms in total. The van der Waals surface area contributed by atoms with Crippen LogP contribution in [0.4, 0.5) is 11.4 Å². The third-order valence-electron chi connectivity index (χ3n) is 4.00. The Labute approximate surface area is 162 Å². The van der Waals surface area contributed by atoms with Crippen LogP contribution in [0.2, 0.25) is 0 Å². The average molecular weight is 401 g/mol. The summed E-state index contributed by atoms with van der Waals surface area (Å²) in [4.78, 5) is 12.6. The van der Waals surface area contributed by atoms with Gasteiger partial charge in [0.2, 0.25) is 0 Å². The molecule has 1 aromatic heterocycles. The summed E-state index contributed by atoms with van der Waals surface area (Å²) in [7, 11) is -2.35. The fourth-order valence-electron chi connectivity index (χ4n) is 2.53. The minimum absolute atomic E-state index is 0.0710. The number of anilines is 2. The van der Waals surface area contributed by atoms with Gasteiger partial charge in [0.15, 0.2) is 0 Å². The summed E-state index contributed by atoms with van der Waals surface area (Å²) in [5.74, 6) is 0.565. The molecule has 146 valence electrons. The molecule has 0 aliphatic carbocycles. The van der Waals surface area contributed by atoms with Gasteiger partial charge >= 0.3 is 0 Å². The van der Waals surface area contributed by atoms with E-state index in [9.17, 15) is 13.2 Å². The number of aromatic nitrogens is 1. The van der Waals surface area contributed by atoms with Crippen molar-refractivity contribution in [3.05, 3.63) is 66.1 Å². The summed E-state index contributed by atoms with van der Waals surface area (Å²) in [6.45, 7) is 1.84. The number of nitrogens with zero attached hydrogens (tertiary/aromatic N) is 1.